The number of ketones is 1. The maximum atomic E-state index is 12.7. The van der Waals surface area contributed by atoms with Crippen LogP contribution in [0.3, 0.4) is 0 Å². The maximum absolute atomic E-state index is 12.7. The van der Waals surface area contributed by atoms with Crippen LogP contribution in [0.25, 0.3) is 28.0 Å². The van der Waals surface area contributed by atoms with Crippen LogP contribution in [-0.2, 0) is 0 Å². The molecule has 1 heterocycles. The molecule has 4 nitrogen and oxygen atoms in total. The second kappa shape index (κ2) is 4.61. The van der Waals surface area contributed by atoms with Crippen molar-refractivity contribution < 1.29 is 19.4 Å². The Balaban J connectivity index is 1.83. The number of aliphatic hydroxyl groups excluding tert-OH is 1. The highest BCUT2D eigenvalue weighted by Crippen LogP contribution is 2.41. The third-order valence-corrected chi connectivity index (χ3v) is 4.51. The largest absolute Gasteiger partial charge is 0.504 e. The van der Waals surface area contributed by atoms with Gasteiger partial charge in [0, 0.05) is 10.9 Å². The van der Waals surface area contributed by atoms with E-state index in [1.807, 2.05) is 48.5 Å². The van der Waals surface area contributed by atoms with Gasteiger partial charge in [0.15, 0.2) is 17.3 Å². The molecule has 24 heavy (non-hydrogen) atoms. The second-order valence-electron chi connectivity index (χ2n) is 5.86. The lowest BCUT2D eigenvalue weighted by atomic mass is 9.85. The molecule has 116 valence electrons. The summed E-state index contributed by atoms with van der Waals surface area (Å²) < 4.78 is 10.8. The molecule has 0 atom stereocenters. The van der Waals surface area contributed by atoms with Gasteiger partial charge in [-0.1, -0.05) is 36.4 Å². The fraction of sp³-hybridized carbons (Fsp3) is 0.0500. The summed E-state index contributed by atoms with van der Waals surface area (Å²) >= 11 is 0. The smallest absolute Gasteiger partial charge is 0.231 e. The van der Waals surface area contributed by atoms with E-state index in [-0.39, 0.29) is 18.3 Å². The number of carbonyl (C=O) groups excluding carboxylic acids is 1. The van der Waals surface area contributed by atoms with Crippen LogP contribution in [-0.4, -0.2) is 17.7 Å². The fourth-order valence-electron chi connectivity index (χ4n) is 3.41. The molecule has 0 saturated carbocycles. The van der Waals surface area contributed by atoms with Crippen molar-refractivity contribution in [3.8, 4) is 22.6 Å². The zero-order chi connectivity index (χ0) is 16.3. The molecule has 0 saturated heterocycles. The molecule has 0 radical (unpaired) electrons. The first kappa shape index (κ1) is 13.2. The summed E-state index contributed by atoms with van der Waals surface area (Å²) in [6.45, 7) is 0.204. The molecular weight excluding hydrogens is 304 g/mol. The van der Waals surface area contributed by atoms with Crippen LogP contribution < -0.4 is 9.47 Å². The number of carbonyl (C=O) groups is 1. The Hall–Kier alpha value is -3.27. The molecule has 5 rings (SSSR count). The number of aliphatic hydroxyl groups is 1. The van der Waals surface area contributed by atoms with E-state index in [4.69, 9.17) is 9.47 Å². The molecule has 0 amide bonds. The molecular formula is C20H12O4. The average Bonchev–Trinajstić information content (AvgIpc) is 3.07. The van der Waals surface area contributed by atoms with Gasteiger partial charge in [-0.05, 0) is 40.3 Å². The molecule has 1 N–H and O–H groups in total. The lowest BCUT2D eigenvalue weighted by molar-refractivity contribution is 0.0981. The highest BCUT2D eigenvalue weighted by Gasteiger charge is 2.26. The van der Waals surface area contributed by atoms with E-state index < -0.39 is 0 Å². The summed E-state index contributed by atoms with van der Waals surface area (Å²) in [5, 5.41) is 11.9. The summed E-state index contributed by atoms with van der Waals surface area (Å²) in [5.41, 5.74) is 3.01. The molecule has 2 aliphatic rings. The van der Waals surface area contributed by atoms with Gasteiger partial charge in [-0.2, -0.15) is 0 Å². The van der Waals surface area contributed by atoms with Crippen LogP contribution in [0.2, 0.25) is 0 Å². The summed E-state index contributed by atoms with van der Waals surface area (Å²) in [4.78, 5) is 12.7. The highest BCUT2D eigenvalue weighted by atomic mass is 16.7. The quantitative estimate of drug-likeness (QED) is 0.726. The minimum atomic E-state index is -0.355. The number of Topliss-reactive ketones (excluding diaryl/α,β-unsaturated/α-hetero) is 1. The van der Waals surface area contributed by atoms with Crippen molar-refractivity contribution in [1.29, 1.82) is 0 Å². The Labute approximate surface area is 137 Å². The van der Waals surface area contributed by atoms with E-state index in [9.17, 15) is 9.90 Å². The normalized spacial score (nSPS) is 14.8. The van der Waals surface area contributed by atoms with Crippen molar-refractivity contribution in [1.82, 2.24) is 0 Å². The monoisotopic (exact) mass is 316 g/mol. The number of fused-ring (bicyclic) bond motifs is 1. The lowest BCUT2D eigenvalue weighted by Crippen LogP contribution is -2.10. The van der Waals surface area contributed by atoms with Gasteiger partial charge in [0.25, 0.3) is 0 Å². The van der Waals surface area contributed by atoms with Crippen molar-refractivity contribution in [2.24, 2.45) is 0 Å². The van der Waals surface area contributed by atoms with Crippen LogP contribution in [0.1, 0.15) is 15.9 Å². The zero-order valence-corrected chi connectivity index (χ0v) is 12.6. The van der Waals surface area contributed by atoms with Gasteiger partial charge < -0.3 is 14.6 Å². The molecule has 1 aliphatic heterocycles. The van der Waals surface area contributed by atoms with Gasteiger partial charge in [0.2, 0.25) is 12.6 Å². The van der Waals surface area contributed by atoms with E-state index in [1.165, 1.54) is 6.08 Å². The van der Waals surface area contributed by atoms with Crippen LogP contribution >= 0.6 is 0 Å². The second-order valence-corrected chi connectivity index (χ2v) is 5.86. The number of benzene rings is 3. The zero-order valence-electron chi connectivity index (χ0n) is 12.6. The van der Waals surface area contributed by atoms with Crippen molar-refractivity contribution in [2.45, 2.75) is 0 Å². The maximum Gasteiger partial charge on any atom is 0.231 e. The van der Waals surface area contributed by atoms with Gasteiger partial charge in [-0.15, -0.1) is 0 Å². The minimum absolute atomic E-state index is 0.204. The van der Waals surface area contributed by atoms with E-state index in [2.05, 4.69) is 0 Å². The van der Waals surface area contributed by atoms with Crippen molar-refractivity contribution in [3.05, 3.63) is 65.4 Å². The molecule has 0 fully saturated rings. The SMILES string of the molecule is O=C1C(O)=Cc2cccc3ccc(-c4ccc5c(c4)OCO5)c1c23. The molecule has 3 aromatic rings. The molecule has 0 bridgehead atoms. The molecule has 1 aliphatic carbocycles. The standard InChI is InChI=1S/C20H12O4/c21-15-8-13-3-1-2-11-4-6-14(19(18(11)13)20(15)22)12-5-7-16-17(9-12)24-10-23-16/h1-9,21H,10H2. The highest BCUT2D eigenvalue weighted by molar-refractivity contribution is 6.24. The molecule has 4 heteroatoms. The summed E-state index contributed by atoms with van der Waals surface area (Å²) in [6, 6.07) is 15.3. The van der Waals surface area contributed by atoms with Crippen LogP contribution in [0.4, 0.5) is 0 Å². The Kier molecular flexibility index (Phi) is 2.54. The van der Waals surface area contributed by atoms with Crippen molar-refractivity contribution >= 4 is 22.6 Å². The van der Waals surface area contributed by atoms with Crippen LogP contribution in [0, 0.1) is 0 Å². The first-order valence-electron chi connectivity index (χ1n) is 7.63. The third-order valence-electron chi connectivity index (χ3n) is 4.51. The van der Waals surface area contributed by atoms with E-state index in [0.29, 0.717) is 17.1 Å². The number of rotatable bonds is 1. The summed E-state index contributed by atoms with van der Waals surface area (Å²) in [6.07, 6.45) is 1.53. The van der Waals surface area contributed by atoms with Crippen LogP contribution in [0.5, 0.6) is 11.5 Å². The first-order valence-corrected chi connectivity index (χ1v) is 7.63. The van der Waals surface area contributed by atoms with Crippen LogP contribution in [0.15, 0.2) is 54.3 Å². The summed E-state index contributed by atoms with van der Waals surface area (Å²) in [5.74, 6) is 0.772. The van der Waals surface area contributed by atoms with Crippen molar-refractivity contribution in [2.75, 3.05) is 6.79 Å². The van der Waals surface area contributed by atoms with Gasteiger partial charge >= 0.3 is 0 Å². The number of hydrogen-bond acceptors (Lipinski definition) is 4. The Morgan fingerprint density at radius 1 is 0.958 bits per heavy atom. The fourth-order valence-corrected chi connectivity index (χ4v) is 3.41. The predicted molar refractivity (Wildman–Crippen MR) is 90.4 cm³/mol. The number of ether oxygens (including phenoxy) is 2. The van der Waals surface area contributed by atoms with Gasteiger partial charge in [-0.3, -0.25) is 4.79 Å². The van der Waals surface area contributed by atoms with Gasteiger partial charge in [0.1, 0.15) is 0 Å². The molecule has 0 unspecified atom stereocenters. The van der Waals surface area contributed by atoms with E-state index in [1.54, 1.807) is 0 Å². The molecule has 0 aromatic heterocycles. The lowest BCUT2D eigenvalue weighted by Gasteiger charge is -2.18. The van der Waals surface area contributed by atoms with Crippen molar-refractivity contribution in [3.63, 3.8) is 0 Å². The first-order chi connectivity index (χ1) is 11.7. The van der Waals surface area contributed by atoms with Gasteiger partial charge in [-0.25, -0.2) is 0 Å². The molecule has 3 aromatic carbocycles. The van der Waals surface area contributed by atoms with Gasteiger partial charge in [0.05, 0.1) is 0 Å². The number of hydrogen-bond donors (Lipinski definition) is 1. The predicted octanol–water partition coefficient (Wildman–Crippen LogP) is 4.33. The third kappa shape index (κ3) is 1.71. The average molecular weight is 316 g/mol. The van der Waals surface area contributed by atoms with E-state index in [0.717, 1.165) is 27.5 Å². The number of allylic oxidation sites excluding steroid dienone is 1. The molecule has 0 spiro atoms. The topological polar surface area (TPSA) is 55.8 Å². The minimum Gasteiger partial charge on any atom is -0.504 e. The summed E-state index contributed by atoms with van der Waals surface area (Å²) in [7, 11) is 0. The van der Waals surface area contributed by atoms with E-state index >= 15 is 0 Å². The Morgan fingerprint density at radius 2 is 1.83 bits per heavy atom. The Bertz CT molecular complexity index is 1060. The Morgan fingerprint density at radius 3 is 2.75 bits per heavy atom.